The number of carbonyl (C=O) groups is 2. The van der Waals surface area contributed by atoms with Crippen molar-refractivity contribution >= 4 is 11.9 Å². The second-order valence-corrected chi connectivity index (χ2v) is 6.40. The first-order valence-electron chi connectivity index (χ1n) is 8.07. The molecule has 0 spiro atoms. The molecule has 1 aromatic heterocycles. The van der Waals surface area contributed by atoms with Gasteiger partial charge in [0.25, 0.3) is 0 Å². The summed E-state index contributed by atoms with van der Waals surface area (Å²) in [6.45, 7) is 3.29. The van der Waals surface area contributed by atoms with E-state index in [0.29, 0.717) is 11.1 Å². The Kier molecular flexibility index (Phi) is 4.30. The molecule has 0 amide bonds. The van der Waals surface area contributed by atoms with Gasteiger partial charge >= 0.3 is 11.9 Å². The van der Waals surface area contributed by atoms with Crippen LogP contribution < -0.4 is 0 Å². The van der Waals surface area contributed by atoms with E-state index in [2.05, 4.69) is 4.98 Å². The summed E-state index contributed by atoms with van der Waals surface area (Å²) in [5.41, 5.74) is 1.77. The molecule has 1 fully saturated rings. The van der Waals surface area contributed by atoms with Crippen molar-refractivity contribution in [2.75, 3.05) is 0 Å². The van der Waals surface area contributed by atoms with Crippen molar-refractivity contribution in [3.05, 3.63) is 63.5 Å². The summed E-state index contributed by atoms with van der Waals surface area (Å²) in [4.78, 5) is 27.5. The Morgan fingerprint density at radius 1 is 1.12 bits per heavy atom. The van der Waals surface area contributed by atoms with Gasteiger partial charge < -0.3 is 15.3 Å². The Balaban J connectivity index is 2.29. The molecule has 1 saturated carbocycles. The molecular formula is C19H19NO5. The average Bonchev–Trinajstić information content (AvgIpc) is 3.38. The number of aryl methyl sites for hydroxylation is 1. The summed E-state index contributed by atoms with van der Waals surface area (Å²) in [6.07, 6.45) is 0.441. The van der Waals surface area contributed by atoms with Gasteiger partial charge in [0.05, 0.1) is 11.3 Å². The quantitative estimate of drug-likeness (QED) is 0.771. The highest BCUT2D eigenvalue weighted by Gasteiger charge is 2.36. The van der Waals surface area contributed by atoms with Gasteiger partial charge in [-0.05, 0) is 54.9 Å². The van der Waals surface area contributed by atoms with Crippen molar-refractivity contribution in [1.29, 1.82) is 0 Å². The predicted octanol–water partition coefficient (Wildman–Crippen LogP) is 3.05. The van der Waals surface area contributed by atoms with Crippen molar-refractivity contribution in [2.45, 2.75) is 38.7 Å². The van der Waals surface area contributed by atoms with E-state index in [-0.39, 0.29) is 28.4 Å². The molecule has 2 aromatic rings. The molecule has 3 rings (SSSR count). The minimum absolute atomic E-state index is 0.00573. The van der Waals surface area contributed by atoms with E-state index >= 15 is 0 Å². The van der Waals surface area contributed by atoms with E-state index in [1.54, 1.807) is 12.1 Å². The Morgan fingerprint density at radius 3 is 2.28 bits per heavy atom. The Morgan fingerprint density at radius 2 is 1.76 bits per heavy atom. The minimum atomic E-state index is -1.31. The molecule has 3 N–H and O–H groups in total. The second kappa shape index (κ2) is 6.29. The zero-order valence-corrected chi connectivity index (χ0v) is 14.0. The van der Waals surface area contributed by atoms with Crippen LogP contribution in [0.3, 0.4) is 0 Å². The Labute approximate surface area is 144 Å². The molecule has 1 atom stereocenters. The van der Waals surface area contributed by atoms with Crippen LogP contribution >= 0.6 is 0 Å². The fraction of sp³-hybridized carbons (Fsp3) is 0.316. The van der Waals surface area contributed by atoms with Crippen LogP contribution in [0, 0.1) is 13.8 Å². The second-order valence-electron chi connectivity index (χ2n) is 6.40. The minimum Gasteiger partial charge on any atom is -0.478 e. The van der Waals surface area contributed by atoms with Crippen LogP contribution in [0.25, 0.3) is 0 Å². The molecule has 0 bridgehead atoms. The van der Waals surface area contributed by atoms with E-state index in [1.807, 2.05) is 19.1 Å². The van der Waals surface area contributed by atoms with Gasteiger partial charge in [0.2, 0.25) is 0 Å². The number of rotatable bonds is 5. The highest BCUT2D eigenvalue weighted by atomic mass is 16.4. The normalized spacial score (nSPS) is 15.0. The zero-order chi connectivity index (χ0) is 18.3. The van der Waals surface area contributed by atoms with Crippen LogP contribution in [0.4, 0.5) is 0 Å². The number of aliphatic hydroxyl groups excluding tert-OH is 1. The number of carboxylic acids is 2. The Bertz CT molecular complexity index is 870. The lowest BCUT2D eigenvalue weighted by Crippen LogP contribution is -2.19. The van der Waals surface area contributed by atoms with E-state index < -0.39 is 18.0 Å². The SMILES string of the molecule is Cc1ccccc1C(O)c1nc(C(=O)O)c(C)c(C(=O)O)c1C1CC1. The molecule has 1 heterocycles. The van der Waals surface area contributed by atoms with Gasteiger partial charge in [0, 0.05) is 0 Å². The van der Waals surface area contributed by atoms with E-state index in [4.69, 9.17) is 0 Å². The maximum atomic E-state index is 11.8. The lowest BCUT2D eigenvalue weighted by atomic mass is 9.90. The molecular weight excluding hydrogens is 322 g/mol. The third-order valence-electron chi connectivity index (χ3n) is 4.65. The number of nitrogens with zero attached hydrogens (tertiary/aromatic N) is 1. The third kappa shape index (κ3) is 3.00. The van der Waals surface area contributed by atoms with Crippen LogP contribution in [0.2, 0.25) is 0 Å². The summed E-state index contributed by atoms with van der Waals surface area (Å²) in [6, 6.07) is 7.17. The van der Waals surface area contributed by atoms with Crippen molar-refractivity contribution in [2.24, 2.45) is 0 Å². The fourth-order valence-corrected chi connectivity index (χ4v) is 3.23. The molecule has 1 aromatic carbocycles. The number of pyridine rings is 1. The van der Waals surface area contributed by atoms with Crippen molar-refractivity contribution in [3.8, 4) is 0 Å². The molecule has 0 saturated heterocycles. The van der Waals surface area contributed by atoms with E-state index in [9.17, 15) is 24.9 Å². The largest absolute Gasteiger partial charge is 0.478 e. The van der Waals surface area contributed by atoms with Gasteiger partial charge in [0.15, 0.2) is 5.69 Å². The predicted molar refractivity (Wildman–Crippen MR) is 90.1 cm³/mol. The summed E-state index contributed by atoms with van der Waals surface area (Å²) < 4.78 is 0. The van der Waals surface area contributed by atoms with Gasteiger partial charge in [0.1, 0.15) is 6.10 Å². The number of benzene rings is 1. The van der Waals surface area contributed by atoms with E-state index in [1.165, 1.54) is 6.92 Å². The van der Waals surface area contributed by atoms with Gasteiger partial charge in [-0.3, -0.25) is 0 Å². The van der Waals surface area contributed by atoms with Gasteiger partial charge in [-0.1, -0.05) is 24.3 Å². The molecule has 130 valence electrons. The summed E-state index contributed by atoms with van der Waals surface area (Å²) in [7, 11) is 0. The van der Waals surface area contributed by atoms with Gasteiger partial charge in [-0.25, -0.2) is 14.6 Å². The molecule has 1 aliphatic carbocycles. The molecule has 0 aliphatic heterocycles. The van der Waals surface area contributed by atoms with Gasteiger partial charge in [-0.2, -0.15) is 0 Å². The number of hydrogen-bond donors (Lipinski definition) is 3. The lowest BCUT2D eigenvalue weighted by molar-refractivity contribution is 0.0688. The fourth-order valence-electron chi connectivity index (χ4n) is 3.23. The summed E-state index contributed by atoms with van der Waals surface area (Å²) in [5.74, 6) is -2.50. The number of aromatic nitrogens is 1. The lowest BCUT2D eigenvalue weighted by Gasteiger charge is -2.20. The summed E-state index contributed by atoms with van der Waals surface area (Å²) >= 11 is 0. The first-order chi connectivity index (χ1) is 11.8. The first-order valence-corrected chi connectivity index (χ1v) is 8.07. The van der Waals surface area contributed by atoms with Crippen LogP contribution in [0.15, 0.2) is 24.3 Å². The summed E-state index contributed by atoms with van der Waals surface area (Å²) in [5, 5.41) is 30.0. The molecule has 1 unspecified atom stereocenters. The van der Waals surface area contributed by atoms with Gasteiger partial charge in [-0.15, -0.1) is 0 Å². The monoisotopic (exact) mass is 341 g/mol. The highest BCUT2D eigenvalue weighted by molar-refractivity contribution is 5.97. The molecule has 1 aliphatic rings. The number of hydrogen-bond acceptors (Lipinski definition) is 4. The molecule has 6 nitrogen and oxygen atoms in total. The maximum Gasteiger partial charge on any atom is 0.354 e. The maximum absolute atomic E-state index is 11.8. The number of carboxylic acid groups (broad SMARTS) is 2. The average molecular weight is 341 g/mol. The van der Waals surface area contributed by atoms with Crippen molar-refractivity contribution < 1.29 is 24.9 Å². The Hall–Kier alpha value is -2.73. The standard InChI is InChI=1S/C19H19NO5/c1-9-5-3-4-6-12(9)17(21)16-14(11-7-8-11)13(18(22)23)10(2)15(20-16)19(24)25/h3-6,11,17,21H,7-8H2,1-2H3,(H,22,23)(H,24,25). The number of aromatic carboxylic acids is 2. The van der Waals surface area contributed by atoms with E-state index in [0.717, 1.165) is 18.4 Å². The third-order valence-corrected chi connectivity index (χ3v) is 4.65. The molecule has 0 radical (unpaired) electrons. The van der Waals surface area contributed by atoms with Crippen LogP contribution in [0.5, 0.6) is 0 Å². The van der Waals surface area contributed by atoms with Crippen LogP contribution in [-0.4, -0.2) is 32.2 Å². The first kappa shape index (κ1) is 17.1. The van der Waals surface area contributed by atoms with Crippen molar-refractivity contribution in [1.82, 2.24) is 4.98 Å². The van der Waals surface area contributed by atoms with Crippen molar-refractivity contribution in [3.63, 3.8) is 0 Å². The number of aliphatic hydroxyl groups is 1. The molecule has 25 heavy (non-hydrogen) atoms. The zero-order valence-electron chi connectivity index (χ0n) is 14.0. The smallest absolute Gasteiger partial charge is 0.354 e. The van der Waals surface area contributed by atoms with Crippen LogP contribution in [0.1, 0.15) is 73.7 Å². The highest BCUT2D eigenvalue weighted by Crippen LogP contribution is 2.46. The molecule has 6 heteroatoms. The topological polar surface area (TPSA) is 108 Å². The van der Waals surface area contributed by atoms with Crippen LogP contribution in [-0.2, 0) is 0 Å².